The van der Waals surface area contributed by atoms with Crippen molar-refractivity contribution in [2.75, 3.05) is 44.4 Å². The summed E-state index contributed by atoms with van der Waals surface area (Å²) in [5, 5.41) is 4.87. The lowest BCUT2D eigenvalue weighted by Gasteiger charge is -2.43. The molecule has 2 fully saturated rings. The molecule has 1 atom stereocenters. The Balaban J connectivity index is 1.63. The average Bonchev–Trinajstić information content (AvgIpc) is 3.18. The molecule has 0 aromatic carbocycles. The topological polar surface area (TPSA) is 54.5 Å². The Labute approximate surface area is 127 Å². The molecule has 1 aromatic rings. The van der Waals surface area contributed by atoms with Crippen molar-refractivity contribution in [2.45, 2.75) is 12.0 Å². The number of carbonyl (C=O) groups excluding carboxylic acids is 1. The van der Waals surface area contributed by atoms with Gasteiger partial charge in [-0.05, 0) is 12.2 Å². The Morgan fingerprint density at radius 2 is 2.35 bits per heavy atom. The Hall–Kier alpha value is -0.630. The van der Waals surface area contributed by atoms with Crippen LogP contribution in [0.1, 0.15) is 16.9 Å². The fraction of sp³-hybridized carbons (Fsp3) is 0.692. The summed E-state index contributed by atoms with van der Waals surface area (Å²) < 4.78 is 5.44. The van der Waals surface area contributed by atoms with Gasteiger partial charge in [0.2, 0.25) is 0 Å². The molecule has 0 bridgehead atoms. The maximum atomic E-state index is 12.1. The molecule has 1 amide bonds. The number of amides is 1. The van der Waals surface area contributed by atoms with E-state index in [-0.39, 0.29) is 11.4 Å². The molecule has 2 aliphatic heterocycles. The van der Waals surface area contributed by atoms with Crippen LogP contribution in [0.25, 0.3) is 0 Å². The molecule has 0 saturated carbocycles. The van der Waals surface area contributed by atoms with Gasteiger partial charge in [0.1, 0.15) is 5.69 Å². The predicted octanol–water partition coefficient (Wildman–Crippen LogP) is 1.08. The zero-order valence-electron chi connectivity index (χ0n) is 11.3. The number of hydrogen-bond acceptors (Lipinski definition) is 6. The van der Waals surface area contributed by atoms with E-state index in [2.05, 4.69) is 15.2 Å². The van der Waals surface area contributed by atoms with Crippen LogP contribution in [0, 0.1) is 0 Å². The van der Waals surface area contributed by atoms with Gasteiger partial charge in [0.25, 0.3) is 5.91 Å². The summed E-state index contributed by atoms with van der Waals surface area (Å²) in [6.07, 6.45) is 1.13. The summed E-state index contributed by atoms with van der Waals surface area (Å²) in [4.78, 5) is 18.6. The molecular formula is C13H19N3O2S2. The van der Waals surface area contributed by atoms with Gasteiger partial charge in [0.15, 0.2) is 0 Å². The highest BCUT2D eigenvalue weighted by Crippen LogP contribution is 2.33. The van der Waals surface area contributed by atoms with Crippen molar-refractivity contribution in [1.82, 2.24) is 15.2 Å². The number of rotatable bonds is 4. The van der Waals surface area contributed by atoms with Crippen LogP contribution in [0.3, 0.4) is 0 Å². The minimum Gasteiger partial charge on any atom is -0.379 e. The van der Waals surface area contributed by atoms with E-state index in [1.807, 2.05) is 11.8 Å². The standard InChI is InChI=1S/C13H19N3O2S2/c17-12(11-7-20-10-15-11)14-8-13(1-6-19-9-13)16-2-4-18-5-3-16/h7,10H,1-6,8-9H2,(H,14,17). The summed E-state index contributed by atoms with van der Waals surface area (Å²) >= 11 is 3.43. The van der Waals surface area contributed by atoms with Crippen LogP contribution in [0.2, 0.25) is 0 Å². The van der Waals surface area contributed by atoms with E-state index in [0.717, 1.165) is 38.5 Å². The quantitative estimate of drug-likeness (QED) is 0.901. The van der Waals surface area contributed by atoms with E-state index in [0.29, 0.717) is 12.2 Å². The summed E-state index contributed by atoms with van der Waals surface area (Å²) in [7, 11) is 0. The number of thioether (sulfide) groups is 1. The molecule has 20 heavy (non-hydrogen) atoms. The van der Waals surface area contributed by atoms with Crippen LogP contribution in [0.15, 0.2) is 10.9 Å². The van der Waals surface area contributed by atoms with Crippen LogP contribution < -0.4 is 5.32 Å². The number of hydrogen-bond donors (Lipinski definition) is 1. The first-order valence-electron chi connectivity index (χ1n) is 6.87. The Bertz CT molecular complexity index is 440. The van der Waals surface area contributed by atoms with Crippen LogP contribution in [0.5, 0.6) is 0 Å². The van der Waals surface area contributed by atoms with Gasteiger partial charge in [-0.2, -0.15) is 11.8 Å². The van der Waals surface area contributed by atoms with Crippen molar-refractivity contribution in [3.8, 4) is 0 Å². The van der Waals surface area contributed by atoms with E-state index in [4.69, 9.17) is 4.74 Å². The maximum Gasteiger partial charge on any atom is 0.270 e. The lowest BCUT2D eigenvalue weighted by molar-refractivity contribution is -0.0129. The molecule has 2 aliphatic rings. The molecule has 1 unspecified atom stereocenters. The van der Waals surface area contributed by atoms with Gasteiger partial charge >= 0.3 is 0 Å². The van der Waals surface area contributed by atoms with E-state index < -0.39 is 0 Å². The second-order valence-corrected chi connectivity index (χ2v) is 7.01. The minimum atomic E-state index is -0.0595. The lowest BCUT2D eigenvalue weighted by atomic mass is 9.95. The largest absolute Gasteiger partial charge is 0.379 e. The Morgan fingerprint density at radius 1 is 1.50 bits per heavy atom. The minimum absolute atomic E-state index is 0.0595. The third-order valence-electron chi connectivity index (χ3n) is 4.01. The number of aromatic nitrogens is 1. The first kappa shape index (κ1) is 14.3. The Kier molecular flexibility index (Phi) is 4.60. The fourth-order valence-corrected chi connectivity index (χ4v) is 4.80. The SMILES string of the molecule is O=C(NCC1(N2CCOCC2)CCSC1)c1cscn1. The van der Waals surface area contributed by atoms with Crippen molar-refractivity contribution in [2.24, 2.45) is 0 Å². The maximum absolute atomic E-state index is 12.1. The molecule has 5 nitrogen and oxygen atoms in total. The smallest absolute Gasteiger partial charge is 0.270 e. The number of thiazole rings is 1. The molecule has 0 spiro atoms. The summed E-state index contributed by atoms with van der Waals surface area (Å²) in [5.74, 6) is 2.20. The van der Waals surface area contributed by atoms with Crippen molar-refractivity contribution in [3.63, 3.8) is 0 Å². The molecule has 3 heterocycles. The predicted molar refractivity (Wildman–Crippen MR) is 81.5 cm³/mol. The highest BCUT2D eigenvalue weighted by Gasteiger charge is 2.40. The third-order valence-corrected chi connectivity index (χ3v) is 5.83. The number of nitrogens with zero attached hydrogens (tertiary/aromatic N) is 2. The first-order chi connectivity index (χ1) is 9.80. The van der Waals surface area contributed by atoms with Crippen molar-refractivity contribution >= 4 is 29.0 Å². The van der Waals surface area contributed by atoms with E-state index in [1.54, 1.807) is 10.9 Å². The van der Waals surface area contributed by atoms with Gasteiger partial charge < -0.3 is 10.1 Å². The van der Waals surface area contributed by atoms with Crippen LogP contribution in [-0.4, -0.2) is 65.7 Å². The number of ether oxygens (including phenoxy) is 1. The second-order valence-electron chi connectivity index (χ2n) is 5.18. The first-order valence-corrected chi connectivity index (χ1v) is 8.97. The zero-order chi connectivity index (χ0) is 13.8. The zero-order valence-corrected chi connectivity index (χ0v) is 13.0. The van der Waals surface area contributed by atoms with E-state index >= 15 is 0 Å². The fourth-order valence-electron chi connectivity index (χ4n) is 2.79. The molecule has 0 radical (unpaired) electrons. The van der Waals surface area contributed by atoms with Gasteiger partial charge in [0.05, 0.1) is 18.7 Å². The molecular weight excluding hydrogens is 294 g/mol. The van der Waals surface area contributed by atoms with Crippen LogP contribution >= 0.6 is 23.1 Å². The summed E-state index contributed by atoms with van der Waals surface area (Å²) in [6.45, 7) is 4.23. The molecule has 0 aliphatic carbocycles. The molecule has 1 aromatic heterocycles. The van der Waals surface area contributed by atoms with Crippen molar-refractivity contribution in [3.05, 3.63) is 16.6 Å². The monoisotopic (exact) mass is 313 g/mol. The molecule has 7 heteroatoms. The van der Waals surface area contributed by atoms with E-state index in [1.165, 1.54) is 17.1 Å². The van der Waals surface area contributed by atoms with Crippen LogP contribution in [-0.2, 0) is 4.74 Å². The van der Waals surface area contributed by atoms with Gasteiger partial charge in [-0.15, -0.1) is 11.3 Å². The number of morpholine rings is 1. The van der Waals surface area contributed by atoms with Crippen molar-refractivity contribution in [1.29, 1.82) is 0 Å². The molecule has 3 rings (SSSR count). The van der Waals surface area contributed by atoms with Crippen LogP contribution in [0.4, 0.5) is 0 Å². The number of nitrogens with one attached hydrogen (secondary N) is 1. The highest BCUT2D eigenvalue weighted by atomic mass is 32.2. The summed E-state index contributed by atoms with van der Waals surface area (Å²) in [5.41, 5.74) is 2.32. The lowest BCUT2D eigenvalue weighted by Crippen LogP contribution is -2.59. The average molecular weight is 313 g/mol. The normalized spacial score (nSPS) is 27.6. The molecule has 110 valence electrons. The number of carbonyl (C=O) groups is 1. The second kappa shape index (κ2) is 6.43. The highest BCUT2D eigenvalue weighted by molar-refractivity contribution is 7.99. The van der Waals surface area contributed by atoms with Gasteiger partial charge in [-0.3, -0.25) is 9.69 Å². The molecule has 2 saturated heterocycles. The van der Waals surface area contributed by atoms with E-state index in [9.17, 15) is 4.79 Å². The van der Waals surface area contributed by atoms with Crippen molar-refractivity contribution < 1.29 is 9.53 Å². The van der Waals surface area contributed by atoms with Gasteiger partial charge in [0, 0.05) is 36.3 Å². The van der Waals surface area contributed by atoms with Gasteiger partial charge in [-0.1, -0.05) is 0 Å². The Morgan fingerprint density at radius 3 is 3.00 bits per heavy atom. The summed E-state index contributed by atoms with van der Waals surface area (Å²) in [6, 6.07) is 0. The van der Waals surface area contributed by atoms with Gasteiger partial charge in [-0.25, -0.2) is 4.98 Å². The molecule has 1 N–H and O–H groups in total. The third kappa shape index (κ3) is 3.00.